The zero-order valence-corrected chi connectivity index (χ0v) is 13.3. The number of nitrogens with one attached hydrogen (secondary N) is 1. The van der Waals surface area contributed by atoms with E-state index in [-0.39, 0.29) is 24.3 Å². The number of likely N-dealkylation sites (tertiary alicyclic amines) is 1. The van der Waals surface area contributed by atoms with Crippen LogP contribution in [0, 0.1) is 0 Å². The monoisotopic (exact) mass is 338 g/mol. The number of rotatable bonds is 5. The van der Waals surface area contributed by atoms with Crippen LogP contribution in [0.25, 0.3) is 0 Å². The molecule has 1 N–H and O–H groups in total. The van der Waals surface area contributed by atoms with Gasteiger partial charge in [0.25, 0.3) is 0 Å². The molecule has 1 fully saturated rings. The topological polar surface area (TPSA) is 49.4 Å². The van der Waals surface area contributed by atoms with Gasteiger partial charge in [0.2, 0.25) is 11.8 Å². The Morgan fingerprint density at radius 1 is 1.35 bits per heavy atom. The van der Waals surface area contributed by atoms with E-state index >= 15 is 0 Å². The van der Waals surface area contributed by atoms with Crippen LogP contribution in [0.15, 0.2) is 28.7 Å². The standard InChI is InChI=1S/C15H19BrN2O2/c1-3-8-18-14(19)9-13(15(18)20)17-10(2)11-4-6-12(16)7-5-11/h4-7,10,13,17H,3,8-9H2,1-2H3. The van der Waals surface area contributed by atoms with Gasteiger partial charge in [0.05, 0.1) is 12.5 Å². The SMILES string of the molecule is CCCN1C(=O)CC(NC(C)c2ccc(Br)cc2)C1=O. The van der Waals surface area contributed by atoms with E-state index in [0.717, 1.165) is 16.5 Å². The number of amides is 2. The van der Waals surface area contributed by atoms with Crippen LogP contribution >= 0.6 is 15.9 Å². The molecule has 0 bridgehead atoms. The minimum atomic E-state index is -0.396. The molecule has 1 aliphatic heterocycles. The summed E-state index contributed by atoms with van der Waals surface area (Å²) in [5.74, 6) is -0.168. The predicted octanol–water partition coefficient (Wildman–Crippen LogP) is 2.64. The van der Waals surface area contributed by atoms with Gasteiger partial charge in [-0.05, 0) is 31.0 Å². The normalized spacial score (nSPS) is 20.6. The van der Waals surface area contributed by atoms with Crippen molar-refractivity contribution in [1.82, 2.24) is 10.2 Å². The maximum absolute atomic E-state index is 12.2. The Labute approximate surface area is 127 Å². The minimum absolute atomic E-state index is 0.0337. The Balaban J connectivity index is 2.01. The molecule has 20 heavy (non-hydrogen) atoms. The number of carbonyl (C=O) groups is 2. The average molecular weight is 339 g/mol. The van der Waals surface area contributed by atoms with Crippen molar-refractivity contribution in [1.29, 1.82) is 0 Å². The van der Waals surface area contributed by atoms with Gasteiger partial charge in [0, 0.05) is 17.1 Å². The van der Waals surface area contributed by atoms with E-state index in [0.29, 0.717) is 6.54 Å². The molecule has 2 atom stereocenters. The first-order valence-corrected chi connectivity index (χ1v) is 7.68. The van der Waals surface area contributed by atoms with E-state index < -0.39 is 6.04 Å². The lowest BCUT2D eigenvalue weighted by molar-refractivity contribution is -0.138. The van der Waals surface area contributed by atoms with Crippen molar-refractivity contribution >= 4 is 27.7 Å². The van der Waals surface area contributed by atoms with E-state index in [9.17, 15) is 9.59 Å². The van der Waals surface area contributed by atoms with Crippen molar-refractivity contribution in [2.45, 2.75) is 38.8 Å². The first-order valence-electron chi connectivity index (χ1n) is 6.88. The predicted molar refractivity (Wildman–Crippen MR) is 81.1 cm³/mol. The fourth-order valence-corrected chi connectivity index (χ4v) is 2.69. The van der Waals surface area contributed by atoms with Gasteiger partial charge in [-0.2, -0.15) is 0 Å². The molecule has 0 radical (unpaired) electrons. The molecule has 1 aromatic rings. The van der Waals surface area contributed by atoms with Crippen LogP contribution in [0.5, 0.6) is 0 Å². The molecular weight excluding hydrogens is 320 g/mol. The van der Waals surface area contributed by atoms with E-state index in [1.165, 1.54) is 4.90 Å². The number of carbonyl (C=O) groups excluding carboxylic acids is 2. The Morgan fingerprint density at radius 3 is 2.60 bits per heavy atom. The molecule has 0 spiro atoms. The molecule has 2 amide bonds. The Morgan fingerprint density at radius 2 is 2.00 bits per heavy atom. The summed E-state index contributed by atoms with van der Waals surface area (Å²) in [7, 11) is 0. The van der Waals surface area contributed by atoms with Crippen LogP contribution < -0.4 is 5.32 Å². The highest BCUT2D eigenvalue weighted by Crippen LogP contribution is 2.20. The maximum atomic E-state index is 12.2. The number of hydrogen-bond donors (Lipinski definition) is 1. The van der Waals surface area contributed by atoms with Gasteiger partial charge >= 0.3 is 0 Å². The van der Waals surface area contributed by atoms with Crippen LogP contribution in [0.4, 0.5) is 0 Å². The fraction of sp³-hybridized carbons (Fsp3) is 0.467. The number of halogens is 1. The van der Waals surface area contributed by atoms with Crippen LogP contribution in [0.1, 0.15) is 38.3 Å². The fourth-order valence-electron chi connectivity index (χ4n) is 2.42. The van der Waals surface area contributed by atoms with Gasteiger partial charge in [-0.3, -0.25) is 19.8 Å². The molecule has 0 aromatic heterocycles. The summed E-state index contributed by atoms with van der Waals surface area (Å²) in [6, 6.07) is 7.59. The van der Waals surface area contributed by atoms with Crippen LogP contribution in [0.3, 0.4) is 0 Å². The maximum Gasteiger partial charge on any atom is 0.246 e. The van der Waals surface area contributed by atoms with Crippen molar-refractivity contribution in [2.75, 3.05) is 6.54 Å². The lowest BCUT2D eigenvalue weighted by Crippen LogP contribution is -2.40. The van der Waals surface area contributed by atoms with Crippen LogP contribution in [-0.4, -0.2) is 29.3 Å². The summed E-state index contributed by atoms with van der Waals surface area (Å²) in [6.45, 7) is 4.48. The van der Waals surface area contributed by atoms with Gasteiger partial charge in [0.15, 0.2) is 0 Å². The van der Waals surface area contributed by atoms with Crippen LogP contribution in [0.2, 0.25) is 0 Å². The van der Waals surface area contributed by atoms with Gasteiger partial charge in [-0.15, -0.1) is 0 Å². The highest BCUT2D eigenvalue weighted by molar-refractivity contribution is 9.10. The van der Waals surface area contributed by atoms with E-state index in [1.54, 1.807) is 0 Å². The molecule has 1 aromatic carbocycles. The van der Waals surface area contributed by atoms with Crippen LogP contribution in [-0.2, 0) is 9.59 Å². The van der Waals surface area contributed by atoms with Crippen molar-refractivity contribution in [3.8, 4) is 0 Å². The van der Waals surface area contributed by atoms with Crippen molar-refractivity contribution in [3.05, 3.63) is 34.3 Å². The molecule has 2 unspecified atom stereocenters. The summed E-state index contributed by atoms with van der Waals surface area (Å²) in [5.41, 5.74) is 1.10. The molecule has 0 aliphatic carbocycles. The van der Waals surface area contributed by atoms with Gasteiger partial charge in [-0.1, -0.05) is 35.0 Å². The van der Waals surface area contributed by atoms with Gasteiger partial charge < -0.3 is 0 Å². The second kappa shape index (κ2) is 6.50. The summed E-state index contributed by atoms with van der Waals surface area (Å²) < 4.78 is 1.02. The molecule has 1 heterocycles. The number of hydrogen-bond acceptors (Lipinski definition) is 3. The molecule has 4 nitrogen and oxygen atoms in total. The third-order valence-corrected chi connectivity index (χ3v) is 4.04. The van der Waals surface area contributed by atoms with E-state index in [4.69, 9.17) is 0 Å². The number of benzene rings is 1. The molecule has 0 saturated carbocycles. The van der Waals surface area contributed by atoms with Gasteiger partial charge in [-0.25, -0.2) is 0 Å². The van der Waals surface area contributed by atoms with Crippen molar-refractivity contribution < 1.29 is 9.59 Å². The summed E-state index contributed by atoms with van der Waals surface area (Å²) in [6.07, 6.45) is 1.06. The smallest absolute Gasteiger partial charge is 0.246 e. The van der Waals surface area contributed by atoms with E-state index in [1.807, 2.05) is 38.1 Å². The third kappa shape index (κ3) is 3.27. The molecule has 2 rings (SSSR count). The van der Waals surface area contributed by atoms with E-state index in [2.05, 4.69) is 21.2 Å². The zero-order valence-electron chi connectivity index (χ0n) is 11.7. The molecule has 5 heteroatoms. The first-order chi connectivity index (χ1) is 9.52. The quantitative estimate of drug-likeness (QED) is 0.839. The first kappa shape index (κ1) is 15.2. The van der Waals surface area contributed by atoms with Crippen molar-refractivity contribution in [3.63, 3.8) is 0 Å². The average Bonchev–Trinajstić information content (AvgIpc) is 2.67. The van der Waals surface area contributed by atoms with Gasteiger partial charge in [0.1, 0.15) is 0 Å². The second-order valence-corrected chi connectivity index (χ2v) is 6.00. The summed E-state index contributed by atoms with van der Waals surface area (Å²) in [5, 5.41) is 3.26. The minimum Gasteiger partial charge on any atom is -0.299 e. The highest BCUT2D eigenvalue weighted by Gasteiger charge is 2.38. The largest absolute Gasteiger partial charge is 0.299 e. The molecule has 1 aliphatic rings. The molecule has 108 valence electrons. The Hall–Kier alpha value is -1.20. The molecule has 1 saturated heterocycles. The lowest BCUT2D eigenvalue weighted by Gasteiger charge is -2.19. The highest BCUT2D eigenvalue weighted by atomic mass is 79.9. The zero-order chi connectivity index (χ0) is 14.7. The number of nitrogens with zero attached hydrogens (tertiary/aromatic N) is 1. The molecular formula is C15H19BrN2O2. The lowest BCUT2D eigenvalue weighted by atomic mass is 10.1. The second-order valence-electron chi connectivity index (χ2n) is 5.08. The third-order valence-electron chi connectivity index (χ3n) is 3.51. The Kier molecular flexibility index (Phi) is 4.94. The summed E-state index contributed by atoms with van der Waals surface area (Å²) >= 11 is 3.40. The van der Waals surface area contributed by atoms with Crippen molar-refractivity contribution in [2.24, 2.45) is 0 Å². The Bertz CT molecular complexity index is 501. The number of imide groups is 1. The summed E-state index contributed by atoms with van der Waals surface area (Å²) in [4.78, 5) is 25.3.